The van der Waals surface area contributed by atoms with Gasteiger partial charge in [0, 0.05) is 0 Å². The van der Waals surface area contributed by atoms with E-state index in [1.165, 1.54) is 0 Å². The van der Waals surface area contributed by atoms with Gasteiger partial charge in [-0.1, -0.05) is 12.1 Å². The molecular formula is C16H9F6NO3S. The molecule has 0 atom stereocenters. The van der Waals surface area contributed by atoms with Gasteiger partial charge >= 0.3 is 0 Å². The molecule has 0 radical (unpaired) electrons. The number of sulfone groups is 1. The van der Waals surface area contributed by atoms with Crippen molar-refractivity contribution in [2.45, 2.75) is 5.75 Å². The molecule has 0 fully saturated rings. The third kappa shape index (κ3) is 4.13. The third-order valence-corrected chi connectivity index (χ3v) is 5.07. The Morgan fingerprint density at radius 3 is 1.74 bits per heavy atom. The number of benzene rings is 2. The van der Waals surface area contributed by atoms with Crippen LogP contribution in [0.25, 0.3) is 6.08 Å². The van der Waals surface area contributed by atoms with Crippen LogP contribution in [-0.4, -0.2) is 14.3 Å². The molecule has 0 spiro atoms. The summed E-state index contributed by atoms with van der Waals surface area (Å²) in [6.07, 6.45) is -0.0303. The van der Waals surface area contributed by atoms with Crippen LogP contribution in [0.4, 0.5) is 26.3 Å². The van der Waals surface area contributed by atoms with Crippen molar-refractivity contribution in [2.75, 3.05) is 0 Å². The monoisotopic (exact) mass is 409 g/mol. The Labute approximate surface area is 148 Å². The zero-order valence-corrected chi connectivity index (χ0v) is 13.9. The van der Waals surface area contributed by atoms with Crippen molar-refractivity contribution in [1.29, 1.82) is 0 Å². The Hall–Kier alpha value is -2.82. The number of carbonyl (C=O) groups is 1. The molecule has 2 N–H and O–H groups in total. The van der Waals surface area contributed by atoms with Crippen molar-refractivity contribution in [1.82, 2.24) is 0 Å². The topological polar surface area (TPSA) is 77.2 Å². The molecule has 27 heavy (non-hydrogen) atoms. The van der Waals surface area contributed by atoms with Crippen LogP contribution >= 0.6 is 0 Å². The van der Waals surface area contributed by atoms with Gasteiger partial charge in [0.2, 0.25) is 5.82 Å². The van der Waals surface area contributed by atoms with E-state index in [4.69, 9.17) is 5.73 Å². The number of hydrogen-bond acceptors (Lipinski definition) is 3. The number of hydrogen-bond donors (Lipinski definition) is 1. The van der Waals surface area contributed by atoms with Crippen molar-refractivity contribution in [2.24, 2.45) is 5.73 Å². The van der Waals surface area contributed by atoms with Crippen LogP contribution in [0.3, 0.4) is 0 Å². The highest BCUT2D eigenvalue weighted by molar-refractivity contribution is 7.95. The smallest absolute Gasteiger partial charge is 0.260 e. The van der Waals surface area contributed by atoms with Crippen LogP contribution in [0.15, 0.2) is 29.2 Å². The molecule has 0 unspecified atom stereocenters. The fraction of sp³-hybridized carbons (Fsp3) is 0.0625. The van der Waals surface area contributed by atoms with E-state index < -0.39 is 66.9 Å². The molecule has 0 aliphatic rings. The summed E-state index contributed by atoms with van der Waals surface area (Å²) in [4.78, 5) is 10.1. The second kappa shape index (κ2) is 7.43. The number of amides is 1. The number of nitrogens with two attached hydrogens (primary N) is 1. The van der Waals surface area contributed by atoms with E-state index in [-0.39, 0.29) is 11.6 Å². The van der Waals surface area contributed by atoms with E-state index >= 15 is 0 Å². The number of primary amides is 1. The summed E-state index contributed by atoms with van der Waals surface area (Å²) < 4.78 is 105. The quantitative estimate of drug-likeness (QED) is 0.357. The molecule has 11 heteroatoms. The Bertz CT molecular complexity index is 1020. The second-order valence-corrected chi connectivity index (χ2v) is 7.20. The van der Waals surface area contributed by atoms with Gasteiger partial charge in [-0.05, 0) is 23.8 Å². The van der Waals surface area contributed by atoms with Crippen LogP contribution in [0.5, 0.6) is 0 Å². The van der Waals surface area contributed by atoms with E-state index in [2.05, 4.69) is 0 Å². The van der Waals surface area contributed by atoms with Crippen LogP contribution in [0.1, 0.15) is 11.1 Å². The molecule has 144 valence electrons. The lowest BCUT2D eigenvalue weighted by molar-refractivity contribution is -0.113. The normalized spacial score (nSPS) is 12.3. The van der Waals surface area contributed by atoms with Gasteiger partial charge in [-0.25, -0.2) is 34.8 Å². The van der Waals surface area contributed by atoms with Gasteiger partial charge in [0.15, 0.2) is 33.1 Å². The number of rotatable bonds is 5. The van der Waals surface area contributed by atoms with Crippen LogP contribution in [0, 0.1) is 34.9 Å². The van der Waals surface area contributed by atoms with Crippen LogP contribution in [-0.2, 0) is 20.4 Å². The second-order valence-electron chi connectivity index (χ2n) is 5.24. The number of carbonyl (C=O) groups excluding carboxylic acids is 1. The molecule has 4 nitrogen and oxygen atoms in total. The Morgan fingerprint density at radius 2 is 1.30 bits per heavy atom. The molecule has 0 aliphatic carbocycles. The van der Waals surface area contributed by atoms with Crippen molar-refractivity contribution >= 4 is 21.8 Å². The molecule has 0 heterocycles. The number of halogens is 6. The Balaban J connectivity index is 2.61. The van der Waals surface area contributed by atoms with E-state index in [0.717, 1.165) is 24.3 Å². The van der Waals surface area contributed by atoms with Gasteiger partial charge in [0.25, 0.3) is 5.91 Å². The Morgan fingerprint density at radius 1 is 0.852 bits per heavy atom. The van der Waals surface area contributed by atoms with Gasteiger partial charge < -0.3 is 5.73 Å². The van der Waals surface area contributed by atoms with Gasteiger partial charge in [0.1, 0.15) is 10.7 Å². The molecule has 0 aliphatic heterocycles. The first-order valence-electron chi connectivity index (χ1n) is 6.96. The highest BCUT2D eigenvalue weighted by Gasteiger charge is 2.29. The molecule has 2 rings (SSSR count). The standard InChI is InChI=1S/C16H9F6NO3S/c17-8-3-1-7(2-4-8)6-27(25,26)10(16(23)24)5-9-11(18)13(20)15(22)14(21)12(9)19/h1-5H,6H2,(H2,23,24)/b10-5+. The summed E-state index contributed by atoms with van der Waals surface area (Å²) in [7, 11) is -4.66. The average molecular weight is 409 g/mol. The minimum Gasteiger partial charge on any atom is -0.365 e. The summed E-state index contributed by atoms with van der Waals surface area (Å²) in [5, 5.41) is 0. The average Bonchev–Trinajstić information content (AvgIpc) is 2.59. The van der Waals surface area contributed by atoms with E-state index in [1.807, 2.05) is 0 Å². The molecule has 0 saturated heterocycles. The van der Waals surface area contributed by atoms with Crippen molar-refractivity contribution < 1.29 is 39.6 Å². The summed E-state index contributed by atoms with van der Waals surface area (Å²) in [5.74, 6) is -15.0. The maximum absolute atomic E-state index is 13.7. The lowest BCUT2D eigenvalue weighted by atomic mass is 10.1. The Kier molecular flexibility index (Phi) is 5.64. The van der Waals surface area contributed by atoms with Crippen LogP contribution in [0.2, 0.25) is 0 Å². The zero-order chi connectivity index (χ0) is 20.5. The van der Waals surface area contributed by atoms with E-state index in [1.54, 1.807) is 0 Å². The molecule has 0 bridgehead atoms. The largest absolute Gasteiger partial charge is 0.365 e. The predicted octanol–water partition coefficient (Wildman–Crippen LogP) is 2.96. The van der Waals surface area contributed by atoms with Gasteiger partial charge in [-0.2, -0.15) is 0 Å². The molecule has 2 aromatic carbocycles. The van der Waals surface area contributed by atoms with Gasteiger partial charge in [-0.15, -0.1) is 0 Å². The summed E-state index contributed by atoms with van der Waals surface area (Å²) in [5.41, 5.74) is 3.25. The minimum atomic E-state index is -4.66. The van der Waals surface area contributed by atoms with Crippen LogP contribution < -0.4 is 5.73 Å². The summed E-state index contributed by atoms with van der Waals surface area (Å²) in [6.45, 7) is 0. The first-order valence-corrected chi connectivity index (χ1v) is 8.61. The highest BCUT2D eigenvalue weighted by atomic mass is 32.2. The first kappa shape index (κ1) is 20.5. The molecule has 2 aromatic rings. The first-order chi connectivity index (χ1) is 12.5. The van der Waals surface area contributed by atoms with E-state index in [0.29, 0.717) is 0 Å². The molecule has 0 aromatic heterocycles. The fourth-order valence-electron chi connectivity index (χ4n) is 2.07. The minimum absolute atomic E-state index is 0.0130. The third-order valence-electron chi connectivity index (χ3n) is 3.37. The molecule has 0 saturated carbocycles. The molecular weight excluding hydrogens is 400 g/mol. The lowest BCUT2D eigenvalue weighted by Crippen LogP contribution is -2.22. The lowest BCUT2D eigenvalue weighted by Gasteiger charge is -2.09. The van der Waals surface area contributed by atoms with Crippen molar-refractivity contribution in [3.63, 3.8) is 0 Å². The summed E-state index contributed by atoms with van der Waals surface area (Å²) in [6, 6.07) is 3.96. The zero-order valence-electron chi connectivity index (χ0n) is 13.1. The van der Waals surface area contributed by atoms with E-state index in [9.17, 15) is 39.6 Å². The fourth-order valence-corrected chi connectivity index (χ4v) is 3.46. The molecule has 1 amide bonds. The predicted molar refractivity (Wildman–Crippen MR) is 82.4 cm³/mol. The van der Waals surface area contributed by atoms with Gasteiger partial charge in [0.05, 0.1) is 11.3 Å². The van der Waals surface area contributed by atoms with Crippen molar-refractivity contribution in [3.8, 4) is 0 Å². The maximum atomic E-state index is 13.7. The summed E-state index contributed by atoms with van der Waals surface area (Å²) >= 11 is 0. The van der Waals surface area contributed by atoms with Crippen molar-refractivity contribution in [3.05, 3.63) is 75.2 Å². The van der Waals surface area contributed by atoms with Gasteiger partial charge in [-0.3, -0.25) is 4.79 Å². The highest BCUT2D eigenvalue weighted by Crippen LogP contribution is 2.26. The SMILES string of the molecule is NC(=O)/C(=C\c1c(F)c(F)c(F)c(F)c1F)S(=O)(=O)Cc1ccc(F)cc1. The maximum Gasteiger partial charge on any atom is 0.260 e.